The minimum absolute atomic E-state index is 0.123. The van der Waals surface area contributed by atoms with Crippen molar-refractivity contribution in [3.63, 3.8) is 0 Å². The molecule has 0 aliphatic heterocycles. The van der Waals surface area contributed by atoms with Crippen molar-refractivity contribution in [3.8, 4) is 0 Å². The molecule has 5 heteroatoms. The monoisotopic (exact) mass is 477 g/mol. The van der Waals surface area contributed by atoms with Crippen molar-refractivity contribution in [1.29, 1.82) is 0 Å². The Bertz CT molecular complexity index is 915. The van der Waals surface area contributed by atoms with E-state index in [9.17, 15) is 0 Å². The molecule has 2 nitrogen and oxygen atoms in total. The van der Waals surface area contributed by atoms with Gasteiger partial charge >= 0.3 is 0 Å². The summed E-state index contributed by atoms with van der Waals surface area (Å²) < 4.78 is 13.7. The maximum Gasteiger partial charge on any atom is 0.240 e. The molecule has 32 heavy (non-hydrogen) atoms. The van der Waals surface area contributed by atoms with E-state index in [-0.39, 0.29) is 6.10 Å². The van der Waals surface area contributed by atoms with Crippen molar-refractivity contribution in [1.82, 2.24) is 0 Å². The lowest BCUT2D eigenvalue weighted by Crippen LogP contribution is -2.75. The van der Waals surface area contributed by atoms with E-state index in [1.807, 2.05) is 12.1 Å². The molecule has 0 aliphatic rings. The van der Waals surface area contributed by atoms with Crippen LogP contribution in [0.1, 0.15) is 13.3 Å². The van der Waals surface area contributed by atoms with Gasteiger partial charge in [-0.05, 0) is 48.1 Å². The van der Waals surface area contributed by atoms with Crippen LogP contribution in [-0.4, -0.2) is 36.5 Å². The van der Waals surface area contributed by atoms with Gasteiger partial charge in [0.05, 0.1) is 7.59 Å². The average molecular weight is 478 g/mol. The van der Waals surface area contributed by atoms with Crippen LogP contribution in [0, 0.1) is 6.07 Å². The van der Waals surface area contributed by atoms with Crippen molar-refractivity contribution in [2.45, 2.75) is 52.2 Å². The smallest absolute Gasteiger partial charge is 0.240 e. The molecule has 0 amide bonds. The minimum atomic E-state index is -2.38. The molecule has 0 aliphatic carbocycles. The van der Waals surface area contributed by atoms with Crippen LogP contribution in [-0.2, 0) is 8.85 Å². The molecule has 1 unspecified atom stereocenters. The molecule has 3 aromatic rings. The molecule has 3 rings (SSSR count). The summed E-state index contributed by atoms with van der Waals surface area (Å²) in [5, 5.41) is 3.98. The Morgan fingerprint density at radius 2 is 1.28 bits per heavy atom. The number of rotatable bonds is 10. The highest BCUT2D eigenvalue weighted by atomic mass is 29.3. The molecule has 1 radical (unpaired) electrons. The van der Waals surface area contributed by atoms with E-state index in [4.69, 9.17) is 8.85 Å². The first kappa shape index (κ1) is 24.9. The molecule has 0 N–H and O–H groups in total. The topological polar surface area (TPSA) is 18.5 Å². The Morgan fingerprint density at radius 3 is 1.75 bits per heavy atom. The zero-order valence-electron chi connectivity index (χ0n) is 20.4. The second-order valence-corrected chi connectivity index (χ2v) is 27.7. The van der Waals surface area contributed by atoms with Crippen molar-refractivity contribution in [2.24, 2.45) is 0 Å². The van der Waals surface area contributed by atoms with Crippen molar-refractivity contribution in [2.75, 3.05) is 6.61 Å². The SMILES string of the molecule is CC(CCO[Si](C)(C)c1[c]cccc1)O[Si](c1ccccc1)(c1ccccc1)[Si](C)(C)C. The van der Waals surface area contributed by atoms with Crippen LogP contribution in [0.3, 0.4) is 0 Å². The highest BCUT2D eigenvalue weighted by Gasteiger charge is 2.51. The van der Waals surface area contributed by atoms with Gasteiger partial charge in [0.15, 0.2) is 0 Å². The molecule has 0 bridgehead atoms. The molecule has 0 heterocycles. The highest BCUT2D eigenvalue weighted by Crippen LogP contribution is 2.24. The number of hydrogen-bond acceptors (Lipinski definition) is 2. The molecular weight excluding hydrogens is 441 g/mol. The first-order valence-corrected chi connectivity index (χ1v) is 20.9. The second-order valence-electron chi connectivity index (χ2n) is 10.0. The van der Waals surface area contributed by atoms with Crippen LogP contribution in [0.25, 0.3) is 0 Å². The van der Waals surface area contributed by atoms with Gasteiger partial charge in [0.25, 0.3) is 0 Å². The lowest BCUT2D eigenvalue weighted by molar-refractivity contribution is 0.177. The molecular formula is C27H37O2Si3. The number of hydrogen-bond donors (Lipinski definition) is 0. The minimum Gasteiger partial charge on any atom is -0.413 e. The zero-order valence-corrected chi connectivity index (χ0v) is 23.4. The third kappa shape index (κ3) is 5.58. The maximum absolute atomic E-state index is 7.22. The maximum atomic E-state index is 7.22. The standard InChI is InChI=1S/C27H37O2Si3/c1-24(22-23-28-31(5,6)25-16-10-7-11-17-25)29-32(30(2,3)4,26-18-12-8-13-19-26)27-20-14-9-15-21-27/h7-16,18-21,24H,22-23H2,1-6H3. The average Bonchev–Trinajstić information content (AvgIpc) is 2.78. The normalized spacial score (nSPS) is 13.7. The first-order chi connectivity index (χ1) is 15.2. The van der Waals surface area contributed by atoms with Gasteiger partial charge in [-0.2, -0.15) is 0 Å². The van der Waals surface area contributed by atoms with Gasteiger partial charge in [0.2, 0.25) is 16.2 Å². The summed E-state index contributed by atoms with van der Waals surface area (Å²) in [5.74, 6) is 0. The molecule has 169 valence electrons. The van der Waals surface area contributed by atoms with Gasteiger partial charge in [-0.25, -0.2) is 0 Å². The van der Waals surface area contributed by atoms with Crippen LogP contribution in [0.4, 0.5) is 0 Å². The fourth-order valence-electron chi connectivity index (χ4n) is 4.38. The zero-order chi connectivity index (χ0) is 23.2. The van der Waals surface area contributed by atoms with Gasteiger partial charge < -0.3 is 8.85 Å². The Hall–Kier alpha value is -1.77. The fourth-order valence-corrected chi connectivity index (χ4v) is 18.7. The van der Waals surface area contributed by atoms with Crippen molar-refractivity contribution in [3.05, 3.63) is 91.0 Å². The van der Waals surface area contributed by atoms with Gasteiger partial charge in [-0.15, -0.1) is 0 Å². The molecule has 0 fully saturated rings. The third-order valence-corrected chi connectivity index (χ3v) is 22.3. The molecule has 0 saturated carbocycles. The van der Waals surface area contributed by atoms with E-state index in [1.54, 1.807) is 0 Å². The summed E-state index contributed by atoms with van der Waals surface area (Å²) in [6.45, 7) is 14.8. The molecule has 0 saturated heterocycles. The van der Waals surface area contributed by atoms with E-state index in [2.05, 4.69) is 119 Å². The predicted octanol–water partition coefficient (Wildman–Crippen LogP) is 4.89. The highest BCUT2D eigenvalue weighted by molar-refractivity contribution is 7.48. The summed E-state index contributed by atoms with van der Waals surface area (Å²) in [5.41, 5.74) is 0. The molecule has 3 aromatic carbocycles. The second kappa shape index (κ2) is 10.4. The summed E-state index contributed by atoms with van der Waals surface area (Å²) in [7, 11) is -6.07. The van der Waals surface area contributed by atoms with E-state index in [0.717, 1.165) is 6.42 Å². The number of benzene rings is 3. The Morgan fingerprint density at radius 1 is 0.750 bits per heavy atom. The van der Waals surface area contributed by atoms with Crippen LogP contribution < -0.4 is 15.6 Å². The molecule has 0 aromatic heterocycles. The quantitative estimate of drug-likeness (QED) is 0.387. The van der Waals surface area contributed by atoms with Crippen LogP contribution in [0.2, 0.25) is 32.7 Å². The lowest BCUT2D eigenvalue weighted by atomic mass is 10.3. The predicted molar refractivity (Wildman–Crippen MR) is 145 cm³/mol. The molecule has 0 spiro atoms. The van der Waals surface area contributed by atoms with Gasteiger partial charge in [-0.1, -0.05) is 105 Å². The summed E-state index contributed by atoms with van der Waals surface area (Å²) in [4.78, 5) is 0. The first-order valence-electron chi connectivity index (χ1n) is 11.6. The summed E-state index contributed by atoms with van der Waals surface area (Å²) >= 11 is 0. The van der Waals surface area contributed by atoms with Crippen LogP contribution in [0.15, 0.2) is 84.9 Å². The molecule has 1 atom stereocenters. The van der Waals surface area contributed by atoms with Gasteiger partial charge in [-0.3, -0.25) is 0 Å². The van der Waals surface area contributed by atoms with E-state index in [1.165, 1.54) is 15.6 Å². The van der Waals surface area contributed by atoms with E-state index < -0.39 is 23.7 Å². The summed E-state index contributed by atoms with van der Waals surface area (Å²) in [6.07, 6.45) is 1.01. The van der Waals surface area contributed by atoms with E-state index in [0.29, 0.717) is 6.61 Å². The Labute approximate surface area is 197 Å². The Kier molecular flexibility index (Phi) is 8.11. The Balaban J connectivity index is 1.82. The fraction of sp³-hybridized carbons (Fsp3) is 0.333. The van der Waals surface area contributed by atoms with Gasteiger partial charge in [0, 0.05) is 12.7 Å². The van der Waals surface area contributed by atoms with Crippen molar-refractivity contribution >= 4 is 39.3 Å². The summed E-state index contributed by atoms with van der Waals surface area (Å²) in [6, 6.07) is 33.5. The largest absolute Gasteiger partial charge is 0.413 e. The van der Waals surface area contributed by atoms with Crippen molar-refractivity contribution < 1.29 is 8.85 Å². The van der Waals surface area contributed by atoms with Crippen LogP contribution in [0.5, 0.6) is 0 Å². The van der Waals surface area contributed by atoms with Gasteiger partial charge in [0.1, 0.15) is 0 Å². The lowest BCUT2D eigenvalue weighted by Gasteiger charge is -2.44. The van der Waals surface area contributed by atoms with E-state index >= 15 is 0 Å². The third-order valence-electron chi connectivity index (χ3n) is 6.14. The van der Waals surface area contributed by atoms with Crippen LogP contribution >= 0.6 is 0 Å².